The second-order valence-corrected chi connectivity index (χ2v) is 20.1. The highest BCUT2D eigenvalue weighted by Crippen LogP contribution is 2.52. The molecule has 0 saturated carbocycles. The Labute approximate surface area is 498 Å². The Hall–Kier alpha value is -9.38. The third-order valence-electron chi connectivity index (χ3n) is 14.3. The van der Waals surface area contributed by atoms with Crippen molar-refractivity contribution in [2.75, 3.05) is 9.80 Å². The fourth-order valence-corrected chi connectivity index (χ4v) is 10.8. The molecule has 4 aromatic heterocycles. The van der Waals surface area contributed by atoms with Crippen molar-refractivity contribution in [3.63, 3.8) is 0 Å². The van der Waals surface area contributed by atoms with Gasteiger partial charge in [-0.2, -0.15) is 0 Å². The second kappa shape index (κ2) is 17.1. The van der Waals surface area contributed by atoms with E-state index < -0.39 is 191 Å². The lowest BCUT2D eigenvalue weighted by Gasteiger charge is -2.27. The molecule has 4 heterocycles. The summed E-state index contributed by atoms with van der Waals surface area (Å²) < 4.78 is 292. The number of rotatable bonds is 8. The summed E-state index contributed by atoms with van der Waals surface area (Å²) in [5, 5.41) is -2.39. The molecule has 0 N–H and O–H groups in total. The van der Waals surface area contributed by atoms with E-state index in [4.69, 9.17) is 26.0 Å². The Bertz CT molecular complexity index is 6380. The van der Waals surface area contributed by atoms with Gasteiger partial charge in [-0.15, -0.1) is 0 Å². The average Bonchev–Trinajstić information content (AvgIpc) is 1.52. The van der Waals surface area contributed by atoms with Crippen LogP contribution in [-0.4, -0.2) is 8.80 Å². The van der Waals surface area contributed by atoms with Gasteiger partial charge >= 0.3 is 0 Å². The van der Waals surface area contributed by atoms with E-state index in [9.17, 15) is 16.4 Å². The molecule has 0 saturated heterocycles. The van der Waals surface area contributed by atoms with Gasteiger partial charge in [0.25, 0.3) is 0 Å². The molecule has 0 aliphatic rings. The topological polar surface area (TPSA) is 15.3 Å². The van der Waals surface area contributed by atoms with Crippen LogP contribution in [0.15, 0.2) is 242 Å². The van der Waals surface area contributed by atoms with Gasteiger partial charge in [-0.1, -0.05) is 187 Å². The summed E-state index contributed by atoms with van der Waals surface area (Å²) >= 11 is 0. The molecule has 4 heteroatoms. The van der Waals surface area contributed by atoms with Gasteiger partial charge in [0, 0.05) is 78.2 Å². The van der Waals surface area contributed by atoms with Crippen LogP contribution in [0.2, 0.25) is 0 Å². The molecule has 0 aliphatic carbocycles. The predicted molar refractivity (Wildman–Crippen MR) is 333 cm³/mol. The molecule has 0 atom stereocenters. The van der Waals surface area contributed by atoms with Crippen LogP contribution in [0.1, 0.15) is 94.9 Å². The number of para-hydroxylation sites is 2. The Kier molecular flexibility index (Phi) is 5.32. The van der Waals surface area contributed by atoms with Gasteiger partial charge in [-0.25, -0.2) is 0 Å². The zero-order chi connectivity index (χ0) is 79.3. The minimum atomic E-state index is -4.13. The summed E-state index contributed by atoms with van der Waals surface area (Å²) in [6.07, 6.45) is 0. The second-order valence-electron chi connectivity index (χ2n) is 20.1. The SMILES string of the molecule is [2H]c1c([2H])c([2H])c(-c2ccc(N(c3ccccc3)c3c([2H])c([2H])c4c5c([2H])c6c(c([2H])c5n5c7c([2H])c([2H])c(C(C)(C)C)c([2H])c7c3c45)c3c([2H])c([2H])c(N(c4ccccc4)c4ccc(-c5c([2H])c([2H])c([2H])c([2H])c5[2H])cc4)c4c5c([2H])c(C(C([2H])([2H])[2H])(C([2H])([2H])[2H])C([2H])([2H])[2H])c([2H])c([2H])c5n6c34)cc2)c([2H])c1[2H]. The van der Waals surface area contributed by atoms with Gasteiger partial charge in [-0.3, -0.25) is 0 Å². The monoisotopic (exact) mass is 1030 g/mol. The summed E-state index contributed by atoms with van der Waals surface area (Å²) in [5.74, 6) is 0. The zero-order valence-electron chi connectivity index (χ0n) is 72.7. The minimum absolute atomic E-state index is 0.000509. The largest absolute Gasteiger partial charge is 0.310 e. The van der Waals surface area contributed by atoms with Crippen LogP contribution in [0.25, 0.3) is 98.4 Å². The van der Waals surface area contributed by atoms with E-state index >= 15 is 0 Å². The van der Waals surface area contributed by atoms with Crippen LogP contribution in [-0.2, 0) is 10.8 Å². The van der Waals surface area contributed by atoms with Gasteiger partial charge in [-0.05, 0) is 141 Å². The zero-order valence-corrected chi connectivity index (χ0v) is 41.7. The van der Waals surface area contributed by atoms with Crippen molar-refractivity contribution in [3.05, 3.63) is 253 Å². The van der Waals surface area contributed by atoms with Crippen LogP contribution < -0.4 is 9.80 Å². The maximum atomic E-state index is 10.9. The number of anilines is 6. The van der Waals surface area contributed by atoms with Crippen molar-refractivity contribution < 1.29 is 42.5 Å². The molecule has 0 fully saturated rings. The standard InChI is InChI=1S/C74H58N4/c1-73(2,3)51-31-39-63-61(43-51)69-65(75(53-23-15-9-16-24-53)55-33-27-49(28-34-55)47-19-11-7-12-20-47)41-37-57-59-46-68-60(45-67(59)77(63)71(57)69)58-38-42-66(70-62-44-52(74(4,5)6)32-40-64(62)78(68)72(58)70)76(54-25-17-10-18-26-54)56-35-29-50(30-36-56)48-21-13-8-14-22-48/h7-46H,1-6H3/i1D3,2D3,3D3,7D,8D,11D,12D,13D,14D,19D,20D,21D,22D,31D,32D,37D,38D,39D,40D,41D,42D,43D,44D,45D,46D. The van der Waals surface area contributed by atoms with Gasteiger partial charge < -0.3 is 18.6 Å². The molecule has 0 unspecified atom stereocenters. The van der Waals surface area contributed by atoms with E-state index in [-0.39, 0.29) is 111 Å². The Morgan fingerprint density at radius 1 is 0.346 bits per heavy atom. The molecule has 11 aromatic carbocycles. The molecule has 15 aromatic rings. The number of aromatic nitrogens is 2. The first kappa shape index (κ1) is 24.3. The van der Waals surface area contributed by atoms with E-state index in [1.807, 2.05) is 0 Å². The van der Waals surface area contributed by atoms with E-state index in [1.165, 1.54) is 45.7 Å². The van der Waals surface area contributed by atoms with Crippen molar-refractivity contribution in [1.29, 1.82) is 0 Å². The molecule has 4 nitrogen and oxygen atoms in total. The number of fused-ring (bicyclic) bond motifs is 12. The van der Waals surface area contributed by atoms with Gasteiger partial charge in [0.15, 0.2) is 0 Å². The molecule has 0 bridgehead atoms. The predicted octanol–water partition coefficient (Wildman–Crippen LogP) is 20.9. The summed E-state index contributed by atoms with van der Waals surface area (Å²) in [7, 11) is 0. The molecule has 0 radical (unpaired) electrons. The summed E-state index contributed by atoms with van der Waals surface area (Å²) in [4.78, 5) is 2.97. The Morgan fingerprint density at radius 3 is 1.14 bits per heavy atom. The maximum absolute atomic E-state index is 10.9. The summed E-state index contributed by atoms with van der Waals surface area (Å²) in [5.41, 5.74) is -8.06. The number of nitrogens with zero attached hydrogens (tertiary/aromatic N) is 4. The lowest BCUT2D eigenvalue weighted by atomic mass is 9.86. The normalized spacial score (nSPS) is 18.6. The quantitative estimate of drug-likeness (QED) is 0.151. The highest BCUT2D eigenvalue weighted by atomic mass is 15.2. The van der Waals surface area contributed by atoms with Crippen molar-refractivity contribution in [2.24, 2.45) is 0 Å². The van der Waals surface area contributed by atoms with Gasteiger partial charge in [0.2, 0.25) is 0 Å². The number of hydrogen-bond acceptors (Lipinski definition) is 2. The van der Waals surface area contributed by atoms with Crippen molar-refractivity contribution in [1.82, 2.24) is 8.80 Å². The van der Waals surface area contributed by atoms with E-state index in [0.717, 1.165) is 4.40 Å². The first-order valence-corrected chi connectivity index (χ1v) is 24.9. The molecule has 0 spiro atoms. The van der Waals surface area contributed by atoms with Crippen LogP contribution in [0, 0.1) is 0 Å². The molecular formula is C74H58N4. The molecule has 15 rings (SSSR count). The fraction of sp³-hybridized carbons (Fsp3) is 0.108. The highest BCUT2D eigenvalue weighted by Gasteiger charge is 2.30. The van der Waals surface area contributed by atoms with Gasteiger partial charge in [0.05, 0.1) is 74.6 Å². The average molecular weight is 1030 g/mol. The number of benzene rings is 11. The third-order valence-corrected chi connectivity index (χ3v) is 14.3. The molecular weight excluding hydrogens is 945 g/mol. The lowest BCUT2D eigenvalue weighted by Crippen LogP contribution is -2.11. The van der Waals surface area contributed by atoms with Crippen LogP contribution in [0.4, 0.5) is 34.1 Å². The van der Waals surface area contributed by atoms with Crippen LogP contribution in [0.5, 0.6) is 0 Å². The summed E-state index contributed by atoms with van der Waals surface area (Å²) in [6.45, 7) is -7.16. The molecule has 0 amide bonds. The Balaban J connectivity index is 1.15. The molecule has 0 aliphatic heterocycles. The highest BCUT2D eigenvalue weighted by molar-refractivity contribution is 6.32. The maximum Gasteiger partial charge on any atom is 0.0653 e. The van der Waals surface area contributed by atoms with E-state index in [1.54, 1.807) is 98.5 Å². The number of hydrogen-bond donors (Lipinski definition) is 0. The van der Waals surface area contributed by atoms with Crippen LogP contribution >= 0.6 is 0 Å². The van der Waals surface area contributed by atoms with Crippen molar-refractivity contribution >= 4 is 110 Å². The fourth-order valence-electron chi connectivity index (χ4n) is 10.8. The lowest BCUT2D eigenvalue weighted by molar-refractivity contribution is 0.591. The van der Waals surface area contributed by atoms with Crippen LogP contribution in [0.3, 0.4) is 0 Å². The third kappa shape index (κ3) is 6.99. The van der Waals surface area contributed by atoms with E-state index in [2.05, 4.69) is 0 Å². The van der Waals surface area contributed by atoms with E-state index in [0.29, 0.717) is 5.69 Å². The first-order chi connectivity index (χ1) is 50.9. The van der Waals surface area contributed by atoms with Crippen molar-refractivity contribution in [2.45, 2.75) is 52.2 Å². The molecule has 78 heavy (non-hydrogen) atoms. The minimum Gasteiger partial charge on any atom is -0.310 e. The first-order valence-electron chi connectivity index (χ1n) is 40.4. The van der Waals surface area contributed by atoms with Crippen molar-refractivity contribution in [3.8, 4) is 22.3 Å². The Morgan fingerprint density at radius 2 is 0.744 bits per heavy atom. The smallest absolute Gasteiger partial charge is 0.0653 e. The summed E-state index contributed by atoms with van der Waals surface area (Å²) in [6, 6.07) is 13.6. The van der Waals surface area contributed by atoms with Gasteiger partial charge in [0.1, 0.15) is 0 Å². The molecule has 374 valence electrons.